The van der Waals surface area contributed by atoms with E-state index < -0.39 is 5.92 Å². The van der Waals surface area contributed by atoms with E-state index in [4.69, 9.17) is 0 Å². The Balaban J connectivity index is 1.40. The molecule has 4 heteroatoms. The highest BCUT2D eigenvalue weighted by atomic mass is 16.2. The molecule has 3 aromatic rings. The smallest absolute Gasteiger partial charge is 0.209 e. The van der Waals surface area contributed by atoms with Gasteiger partial charge in [-0.1, -0.05) is 55.7 Å². The highest BCUT2D eigenvalue weighted by Gasteiger charge is 2.50. The number of fused-ring (bicyclic) bond motifs is 2. The monoisotopic (exact) mass is 465 g/mol. The first-order valence-corrected chi connectivity index (χ1v) is 13.0. The molecule has 1 aliphatic heterocycles. The van der Waals surface area contributed by atoms with E-state index in [1.807, 2.05) is 48.2 Å². The summed E-state index contributed by atoms with van der Waals surface area (Å²) in [5.41, 5.74) is 5.54. The van der Waals surface area contributed by atoms with Crippen LogP contribution in [0.25, 0.3) is 10.9 Å². The summed E-state index contributed by atoms with van der Waals surface area (Å²) in [6.07, 6.45) is 10.3. The summed E-state index contributed by atoms with van der Waals surface area (Å²) >= 11 is 0. The molecule has 1 aromatic heterocycles. The third-order valence-corrected chi connectivity index (χ3v) is 8.54. The average Bonchev–Trinajstić information content (AvgIpc) is 3.30. The molecule has 2 saturated carbocycles. The third kappa shape index (κ3) is 3.37. The van der Waals surface area contributed by atoms with Gasteiger partial charge >= 0.3 is 0 Å². The molecule has 4 nitrogen and oxygen atoms in total. The van der Waals surface area contributed by atoms with Crippen molar-refractivity contribution in [1.82, 2.24) is 4.57 Å². The number of ketones is 2. The van der Waals surface area contributed by atoms with Crippen molar-refractivity contribution < 1.29 is 14.2 Å². The highest BCUT2D eigenvalue weighted by molar-refractivity contribution is 6.43. The van der Waals surface area contributed by atoms with E-state index in [0.717, 1.165) is 28.7 Å². The maximum absolute atomic E-state index is 13.5. The highest BCUT2D eigenvalue weighted by Crippen LogP contribution is 2.43. The second kappa shape index (κ2) is 8.15. The average molecular weight is 466 g/mol. The Morgan fingerprint density at radius 3 is 2.43 bits per heavy atom. The number of rotatable bonds is 4. The summed E-state index contributed by atoms with van der Waals surface area (Å²) in [5, 5.41) is 0.987. The Labute approximate surface area is 207 Å². The molecule has 0 saturated heterocycles. The van der Waals surface area contributed by atoms with Crippen molar-refractivity contribution in [3.05, 3.63) is 77.5 Å². The number of allylic oxidation sites excluding steroid dienone is 2. The third-order valence-electron chi connectivity index (χ3n) is 8.54. The zero-order valence-electron chi connectivity index (χ0n) is 20.9. The SMILES string of the molecule is Cn1cc(C2C(=O)C(=CC3=[N+](CC4CCCCC4)c4ccccc4C3(C)C)C2=O)c2ccccc21. The number of nitrogens with zero attached hydrogens (tertiary/aromatic N) is 2. The van der Waals surface area contributed by atoms with E-state index in [9.17, 15) is 9.59 Å². The standard InChI is InChI=1S/C31H33N2O2/c1-31(2)24-14-8-10-16-26(24)33(18-20-11-5-4-6-12-20)27(31)17-22-29(34)28(30(22)35)23-19-32(3)25-15-9-7-13-21(23)25/h7-10,13-17,19-20,28H,4-6,11-12,18H2,1-3H3/q+1. The van der Waals surface area contributed by atoms with Gasteiger partial charge in [0, 0.05) is 47.8 Å². The fourth-order valence-electron chi connectivity index (χ4n) is 6.56. The van der Waals surface area contributed by atoms with Crippen LogP contribution in [0.4, 0.5) is 5.69 Å². The summed E-state index contributed by atoms with van der Waals surface area (Å²) in [6.45, 7) is 5.39. The maximum Gasteiger partial charge on any atom is 0.209 e. The predicted molar refractivity (Wildman–Crippen MR) is 140 cm³/mol. The zero-order chi connectivity index (χ0) is 24.3. The van der Waals surface area contributed by atoms with Gasteiger partial charge in [-0.25, -0.2) is 0 Å². The Kier molecular flexibility index (Phi) is 5.17. The van der Waals surface area contributed by atoms with Gasteiger partial charge in [0.2, 0.25) is 5.69 Å². The van der Waals surface area contributed by atoms with Crippen LogP contribution in [0.2, 0.25) is 0 Å². The molecule has 0 atom stereocenters. The molecule has 0 spiro atoms. The molecule has 178 valence electrons. The number of hydrogen-bond donors (Lipinski definition) is 0. The van der Waals surface area contributed by atoms with E-state index in [1.165, 1.54) is 43.4 Å². The lowest BCUT2D eigenvalue weighted by Crippen LogP contribution is -2.41. The Morgan fingerprint density at radius 1 is 0.971 bits per heavy atom. The quantitative estimate of drug-likeness (QED) is 0.205. The van der Waals surface area contributed by atoms with Crippen LogP contribution < -0.4 is 0 Å². The minimum Gasteiger partial charge on any atom is -0.350 e. The number of hydrogen-bond acceptors (Lipinski definition) is 2. The van der Waals surface area contributed by atoms with Crippen LogP contribution in [-0.2, 0) is 22.1 Å². The van der Waals surface area contributed by atoms with Gasteiger partial charge in [0.15, 0.2) is 23.8 Å². The molecule has 0 N–H and O–H groups in total. The number of aromatic nitrogens is 1. The van der Waals surface area contributed by atoms with Crippen molar-refractivity contribution >= 4 is 33.9 Å². The van der Waals surface area contributed by atoms with E-state index in [-0.39, 0.29) is 17.0 Å². The van der Waals surface area contributed by atoms with E-state index >= 15 is 0 Å². The largest absolute Gasteiger partial charge is 0.350 e. The van der Waals surface area contributed by atoms with E-state index in [2.05, 4.69) is 42.7 Å². The van der Waals surface area contributed by atoms with Gasteiger partial charge in [0.1, 0.15) is 5.92 Å². The van der Waals surface area contributed by atoms with Gasteiger partial charge in [-0.2, -0.15) is 4.58 Å². The summed E-state index contributed by atoms with van der Waals surface area (Å²) in [4.78, 5) is 26.9. The summed E-state index contributed by atoms with van der Waals surface area (Å²) < 4.78 is 4.41. The minimum absolute atomic E-state index is 0.0526. The van der Waals surface area contributed by atoms with Gasteiger partial charge in [-0.3, -0.25) is 9.59 Å². The lowest BCUT2D eigenvalue weighted by molar-refractivity contribution is -0.447. The normalized spacial score (nSPS) is 22.0. The minimum atomic E-state index is -0.688. The molecule has 0 bridgehead atoms. The zero-order valence-corrected chi connectivity index (χ0v) is 20.9. The second-order valence-corrected chi connectivity index (χ2v) is 11.1. The molecule has 35 heavy (non-hydrogen) atoms. The molecular formula is C31H33N2O2+. The first kappa shape index (κ1) is 22.2. The molecule has 2 heterocycles. The Bertz CT molecular complexity index is 1410. The van der Waals surface area contributed by atoms with Gasteiger partial charge < -0.3 is 4.57 Å². The van der Waals surface area contributed by atoms with Crippen LogP contribution in [-0.4, -0.2) is 33.0 Å². The number of aryl methyl sites for hydroxylation is 1. The second-order valence-electron chi connectivity index (χ2n) is 11.1. The summed E-state index contributed by atoms with van der Waals surface area (Å²) in [6, 6.07) is 16.5. The van der Waals surface area contributed by atoms with Crippen LogP contribution in [0, 0.1) is 5.92 Å². The van der Waals surface area contributed by atoms with Crippen LogP contribution in [0.1, 0.15) is 63.0 Å². The fourth-order valence-corrected chi connectivity index (χ4v) is 6.56. The fraction of sp³-hybridized carbons (Fsp3) is 0.387. The van der Waals surface area contributed by atoms with Crippen LogP contribution >= 0.6 is 0 Å². The van der Waals surface area contributed by atoms with Crippen molar-refractivity contribution in [2.45, 2.75) is 57.3 Å². The molecule has 2 aliphatic carbocycles. The summed E-state index contributed by atoms with van der Waals surface area (Å²) in [7, 11) is 1.97. The lowest BCUT2D eigenvalue weighted by atomic mass is 9.71. The van der Waals surface area contributed by atoms with Crippen molar-refractivity contribution in [3.8, 4) is 0 Å². The van der Waals surface area contributed by atoms with Crippen molar-refractivity contribution in [2.75, 3.05) is 6.54 Å². The molecule has 0 radical (unpaired) electrons. The van der Waals surface area contributed by atoms with Gasteiger partial charge in [-0.15, -0.1) is 0 Å². The lowest BCUT2D eigenvalue weighted by Gasteiger charge is -2.26. The van der Waals surface area contributed by atoms with E-state index in [0.29, 0.717) is 11.5 Å². The number of carbonyl (C=O) groups excluding carboxylic acids is 2. The first-order chi connectivity index (χ1) is 16.9. The van der Waals surface area contributed by atoms with Crippen molar-refractivity contribution in [1.29, 1.82) is 0 Å². The van der Waals surface area contributed by atoms with Crippen molar-refractivity contribution in [2.24, 2.45) is 13.0 Å². The van der Waals surface area contributed by atoms with Crippen LogP contribution in [0.3, 0.4) is 0 Å². The van der Waals surface area contributed by atoms with Gasteiger partial charge in [-0.05, 0) is 38.3 Å². The first-order valence-electron chi connectivity index (χ1n) is 13.0. The molecule has 2 aromatic carbocycles. The number of carbonyl (C=O) groups is 2. The van der Waals surface area contributed by atoms with Crippen LogP contribution in [0.5, 0.6) is 0 Å². The molecule has 3 aliphatic rings. The molecule has 0 unspecified atom stereocenters. The van der Waals surface area contributed by atoms with Crippen molar-refractivity contribution in [3.63, 3.8) is 0 Å². The molecular weight excluding hydrogens is 432 g/mol. The maximum atomic E-state index is 13.5. The topological polar surface area (TPSA) is 42.1 Å². The number of para-hydroxylation sites is 2. The molecule has 6 rings (SSSR count). The van der Waals surface area contributed by atoms with Gasteiger partial charge in [0.05, 0.1) is 11.0 Å². The molecule has 0 amide bonds. The van der Waals surface area contributed by atoms with Crippen LogP contribution in [0.15, 0.2) is 66.4 Å². The van der Waals surface area contributed by atoms with E-state index in [1.54, 1.807) is 0 Å². The predicted octanol–water partition coefficient (Wildman–Crippen LogP) is 6.00. The number of Topliss-reactive ketones (excluding diaryl/α,β-unsaturated/α-hetero) is 2. The van der Waals surface area contributed by atoms with Gasteiger partial charge in [0.25, 0.3) is 0 Å². The number of benzene rings is 2. The Hall–Kier alpha value is -3.27. The molecule has 2 fully saturated rings. The summed E-state index contributed by atoms with van der Waals surface area (Å²) in [5.74, 6) is -0.145. The Morgan fingerprint density at radius 2 is 1.66 bits per heavy atom.